The number of carbonyl (C=O) groups is 1. The van der Waals surface area contributed by atoms with Gasteiger partial charge in [-0.2, -0.15) is 0 Å². The van der Waals surface area contributed by atoms with Gasteiger partial charge in [0.1, 0.15) is 17.3 Å². The highest BCUT2D eigenvalue weighted by Crippen LogP contribution is 2.34. The standard InChI is InChI=1S/C19H21NO4S/c1-4-23-15-6-7-17-16(10-15)14(5-8-19(21)22)11-20(17)25-18-9-12(2)24-13(18)3/h6-7,9-11H,4-5,8H2,1-3H3,(H,21,22). The Morgan fingerprint density at radius 2 is 2.12 bits per heavy atom. The molecule has 0 amide bonds. The Hall–Kier alpha value is -2.34. The Labute approximate surface area is 150 Å². The predicted octanol–water partition coefficient (Wildman–Crippen LogP) is 4.82. The third-order valence-electron chi connectivity index (χ3n) is 3.94. The fourth-order valence-corrected chi connectivity index (χ4v) is 3.86. The van der Waals surface area contributed by atoms with E-state index in [0.717, 1.165) is 38.6 Å². The van der Waals surface area contributed by atoms with E-state index in [1.54, 1.807) is 11.9 Å². The highest BCUT2D eigenvalue weighted by molar-refractivity contribution is 7.98. The number of aliphatic carboxylic acids is 1. The molecule has 132 valence electrons. The Kier molecular flexibility index (Phi) is 5.08. The Bertz CT molecular complexity index is 910. The number of aromatic nitrogens is 1. The first-order chi connectivity index (χ1) is 12.0. The number of nitrogens with zero attached hydrogens (tertiary/aromatic N) is 1. The fraction of sp³-hybridized carbons (Fsp3) is 0.316. The van der Waals surface area contributed by atoms with Crippen molar-refractivity contribution in [1.29, 1.82) is 0 Å². The van der Waals surface area contributed by atoms with E-state index in [4.69, 9.17) is 14.3 Å². The normalized spacial score (nSPS) is 11.2. The molecule has 3 aromatic rings. The van der Waals surface area contributed by atoms with Crippen molar-refractivity contribution in [3.8, 4) is 5.75 Å². The van der Waals surface area contributed by atoms with Crippen LogP contribution in [0.25, 0.3) is 10.9 Å². The monoisotopic (exact) mass is 359 g/mol. The van der Waals surface area contributed by atoms with E-state index in [0.29, 0.717) is 13.0 Å². The average molecular weight is 359 g/mol. The minimum absolute atomic E-state index is 0.104. The summed E-state index contributed by atoms with van der Waals surface area (Å²) in [5.74, 6) is 1.75. The van der Waals surface area contributed by atoms with Crippen LogP contribution in [-0.2, 0) is 11.2 Å². The van der Waals surface area contributed by atoms with Crippen LogP contribution in [0.2, 0.25) is 0 Å². The molecule has 6 heteroatoms. The first-order valence-corrected chi connectivity index (χ1v) is 8.99. The van der Waals surface area contributed by atoms with Gasteiger partial charge in [0, 0.05) is 18.0 Å². The van der Waals surface area contributed by atoms with E-state index in [1.165, 1.54) is 0 Å². The van der Waals surface area contributed by atoms with Crippen molar-refractivity contribution < 1.29 is 19.1 Å². The molecular formula is C19H21NO4S. The molecule has 0 bridgehead atoms. The second kappa shape index (κ2) is 7.27. The zero-order valence-electron chi connectivity index (χ0n) is 14.5. The minimum Gasteiger partial charge on any atom is -0.494 e. The quantitative estimate of drug-likeness (QED) is 0.655. The van der Waals surface area contributed by atoms with Crippen molar-refractivity contribution in [2.75, 3.05) is 6.61 Å². The zero-order chi connectivity index (χ0) is 18.0. The summed E-state index contributed by atoms with van der Waals surface area (Å²) in [6, 6.07) is 7.95. The van der Waals surface area contributed by atoms with E-state index < -0.39 is 5.97 Å². The molecule has 5 nitrogen and oxygen atoms in total. The lowest BCUT2D eigenvalue weighted by Gasteiger charge is -2.05. The molecule has 0 saturated carbocycles. The highest BCUT2D eigenvalue weighted by Gasteiger charge is 2.14. The molecule has 3 rings (SSSR count). The van der Waals surface area contributed by atoms with Crippen LogP contribution in [-0.4, -0.2) is 21.7 Å². The summed E-state index contributed by atoms with van der Waals surface area (Å²) in [5.41, 5.74) is 2.04. The number of fused-ring (bicyclic) bond motifs is 1. The second-order valence-corrected chi connectivity index (χ2v) is 6.87. The summed E-state index contributed by atoms with van der Waals surface area (Å²) in [4.78, 5) is 12.0. The van der Waals surface area contributed by atoms with Crippen molar-refractivity contribution in [2.24, 2.45) is 0 Å². The maximum atomic E-state index is 11.0. The Balaban J connectivity index is 2.02. The molecule has 1 N–H and O–H groups in total. The van der Waals surface area contributed by atoms with Gasteiger partial charge in [-0.15, -0.1) is 0 Å². The number of carboxylic acids is 1. The number of hydrogen-bond donors (Lipinski definition) is 1. The van der Waals surface area contributed by atoms with Gasteiger partial charge in [0.05, 0.1) is 17.0 Å². The largest absolute Gasteiger partial charge is 0.494 e. The van der Waals surface area contributed by atoms with Gasteiger partial charge in [0.25, 0.3) is 0 Å². The van der Waals surface area contributed by atoms with E-state index in [1.807, 2.05) is 51.2 Å². The fourth-order valence-electron chi connectivity index (χ4n) is 2.82. The van der Waals surface area contributed by atoms with E-state index >= 15 is 0 Å². The van der Waals surface area contributed by atoms with Gasteiger partial charge in [-0.3, -0.25) is 8.77 Å². The maximum Gasteiger partial charge on any atom is 0.303 e. The molecule has 0 atom stereocenters. The smallest absolute Gasteiger partial charge is 0.303 e. The van der Waals surface area contributed by atoms with E-state index in [-0.39, 0.29) is 6.42 Å². The summed E-state index contributed by atoms with van der Waals surface area (Å²) in [6.45, 7) is 6.41. The van der Waals surface area contributed by atoms with Gasteiger partial charge < -0.3 is 14.3 Å². The van der Waals surface area contributed by atoms with Crippen LogP contribution in [0.5, 0.6) is 5.75 Å². The van der Waals surface area contributed by atoms with E-state index in [2.05, 4.69) is 3.97 Å². The molecule has 0 aliphatic heterocycles. The Morgan fingerprint density at radius 3 is 2.76 bits per heavy atom. The van der Waals surface area contributed by atoms with Gasteiger partial charge in [-0.25, -0.2) is 0 Å². The summed E-state index contributed by atoms with van der Waals surface area (Å²) in [6.07, 6.45) is 2.60. The summed E-state index contributed by atoms with van der Waals surface area (Å²) in [5, 5.41) is 10.0. The molecule has 0 spiro atoms. The van der Waals surface area contributed by atoms with Crippen molar-refractivity contribution >= 4 is 28.8 Å². The van der Waals surface area contributed by atoms with Crippen molar-refractivity contribution in [2.45, 2.75) is 38.5 Å². The van der Waals surface area contributed by atoms with Crippen LogP contribution in [0.3, 0.4) is 0 Å². The van der Waals surface area contributed by atoms with Crippen molar-refractivity contribution in [3.63, 3.8) is 0 Å². The van der Waals surface area contributed by atoms with Crippen molar-refractivity contribution in [1.82, 2.24) is 3.97 Å². The van der Waals surface area contributed by atoms with Gasteiger partial charge in [0.15, 0.2) is 0 Å². The number of carboxylic acid groups (broad SMARTS) is 1. The Morgan fingerprint density at radius 1 is 1.32 bits per heavy atom. The lowest BCUT2D eigenvalue weighted by molar-refractivity contribution is -0.136. The molecule has 0 radical (unpaired) electrons. The molecule has 2 heterocycles. The predicted molar refractivity (Wildman–Crippen MR) is 98.5 cm³/mol. The molecule has 0 fully saturated rings. The highest BCUT2D eigenvalue weighted by atomic mass is 32.2. The van der Waals surface area contributed by atoms with Crippen LogP contribution >= 0.6 is 11.9 Å². The minimum atomic E-state index is -0.796. The van der Waals surface area contributed by atoms with Crippen LogP contribution in [0, 0.1) is 13.8 Å². The van der Waals surface area contributed by atoms with Gasteiger partial charge in [-0.1, -0.05) is 0 Å². The van der Waals surface area contributed by atoms with Gasteiger partial charge >= 0.3 is 5.97 Å². The summed E-state index contributed by atoms with van der Waals surface area (Å²) >= 11 is 1.57. The second-order valence-electron chi connectivity index (χ2n) is 5.85. The number of benzene rings is 1. The average Bonchev–Trinajstić information content (AvgIpc) is 3.05. The first-order valence-electron chi connectivity index (χ1n) is 8.22. The third-order valence-corrected chi connectivity index (χ3v) is 5.04. The summed E-state index contributed by atoms with van der Waals surface area (Å²) in [7, 11) is 0. The van der Waals surface area contributed by atoms with E-state index in [9.17, 15) is 4.79 Å². The zero-order valence-corrected chi connectivity index (χ0v) is 15.4. The summed E-state index contributed by atoms with van der Waals surface area (Å²) < 4.78 is 13.3. The molecule has 1 aromatic carbocycles. The molecule has 0 aliphatic rings. The van der Waals surface area contributed by atoms with Gasteiger partial charge in [-0.05, 0) is 69.0 Å². The molecule has 0 unspecified atom stereocenters. The molecule has 25 heavy (non-hydrogen) atoms. The lowest BCUT2D eigenvalue weighted by Crippen LogP contribution is -1.97. The van der Waals surface area contributed by atoms with Gasteiger partial charge in [0.2, 0.25) is 0 Å². The number of aryl methyl sites for hydroxylation is 3. The SMILES string of the molecule is CCOc1ccc2c(c1)c(CCC(=O)O)cn2Sc1cc(C)oc1C. The topological polar surface area (TPSA) is 64.6 Å². The molecule has 0 aliphatic carbocycles. The van der Waals surface area contributed by atoms with Crippen LogP contribution < -0.4 is 4.74 Å². The number of ether oxygens (including phenoxy) is 1. The molecule has 0 saturated heterocycles. The number of rotatable bonds is 7. The molecular weight excluding hydrogens is 338 g/mol. The maximum absolute atomic E-state index is 11.0. The molecule has 2 aromatic heterocycles. The van der Waals surface area contributed by atoms with Crippen LogP contribution in [0.1, 0.15) is 30.4 Å². The number of furan rings is 1. The lowest BCUT2D eigenvalue weighted by atomic mass is 10.1. The van der Waals surface area contributed by atoms with Crippen LogP contribution in [0.4, 0.5) is 0 Å². The van der Waals surface area contributed by atoms with Crippen LogP contribution in [0.15, 0.2) is 39.8 Å². The van der Waals surface area contributed by atoms with Crippen molar-refractivity contribution in [3.05, 3.63) is 47.5 Å². The number of hydrogen-bond acceptors (Lipinski definition) is 4. The first kappa shape index (κ1) is 17.5. The third kappa shape index (κ3) is 3.85.